The predicted octanol–water partition coefficient (Wildman–Crippen LogP) is 1.65. The molecular formula is C13H21NO2. The molecule has 1 heterocycles. The van der Waals surface area contributed by atoms with Crippen molar-refractivity contribution < 1.29 is 9.47 Å². The monoisotopic (exact) mass is 223 g/mol. The Balaban J connectivity index is 1.62. The van der Waals surface area contributed by atoms with E-state index in [-0.39, 0.29) is 6.29 Å². The van der Waals surface area contributed by atoms with Crippen molar-refractivity contribution in [2.45, 2.75) is 63.6 Å². The molecule has 1 saturated heterocycles. The third-order valence-corrected chi connectivity index (χ3v) is 5.77. The molecule has 0 aromatic heterocycles. The molecule has 0 amide bonds. The lowest BCUT2D eigenvalue weighted by Gasteiger charge is -2.39. The first kappa shape index (κ1) is 9.86. The summed E-state index contributed by atoms with van der Waals surface area (Å²) in [5.74, 6) is 1.65. The third kappa shape index (κ3) is 1.05. The Morgan fingerprint density at radius 3 is 2.38 bits per heavy atom. The molecule has 4 fully saturated rings. The molecule has 3 unspecified atom stereocenters. The SMILES string of the molecule is CC1OC2CC3(C[C@@H]2O1)[C@@H]1CC[C@@H](C1)[C@@H]3N. The van der Waals surface area contributed by atoms with E-state index in [1.54, 1.807) is 0 Å². The third-order valence-electron chi connectivity index (χ3n) is 5.77. The second-order valence-electron chi connectivity index (χ2n) is 6.35. The molecule has 2 N–H and O–H groups in total. The van der Waals surface area contributed by atoms with Gasteiger partial charge in [-0.15, -0.1) is 0 Å². The molecule has 3 aliphatic carbocycles. The van der Waals surface area contributed by atoms with Gasteiger partial charge in [0.25, 0.3) is 0 Å². The van der Waals surface area contributed by atoms with Gasteiger partial charge in [0.15, 0.2) is 6.29 Å². The van der Waals surface area contributed by atoms with Gasteiger partial charge in [0.05, 0.1) is 12.2 Å². The summed E-state index contributed by atoms with van der Waals surface area (Å²) in [7, 11) is 0. The van der Waals surface area contributed by atoms with Gasteiger partial charge < -0.3 is 15.2 Å². The number of ether oxygens (including phenoxy) is 2. The zero-order chi connectivity index (χ0) is 10.9. The van der Waals surface area contributed by atoms with E-state index >= 15 is 0 Å². The maximum atomic E-state index is 6.49. The van der Waals surface area contributed by atoms with E-state index in [0.717, 1.165) is 24.7 Å². The maximum absolute atomic E-state index is 6.49. The Hall–Kier alpha value is -0.120. The Bertz CT molecular complexity index is 301. The van der Waals surface area contributed by atoms with Gasteiger partial charge in [-0.2, -0.15) is 0 Å². The van der Waals surface area contributed by atoms with Crippen LogP contribution < -0.4 is 5.73 Å². The minimum Gasteiger partial charge on any atom is -0.347 e. The predicted molar refractivity (Wildman–Crippen MR) is 59.7 cm³/mol. The highest BCUT2D eigenvalue weighted by atomic mass is 16.7. The van der Waals surface area contributed by atoms with Crippen molar-refractivity contribution in [1.29, 1.82) is 0 Å². The average Bonchev–Trinajstić information content (AvgIpc) is 2.89. The topological polar surface area (TPSA) is 44.5 Å². The van der Waals surface area contributed by atoms with Crippen molar-refractivity contribution in [2.75, 3.05) is 0 Å². The molecule has 3 nitrogen and oxygen atoms in total. The Morgan fingerprint density at radius 2 is 1.81 bits per heavy atom. The van der Waals surface area contributed by atoms with E-state index in [9.17, 15) is 0 Å². The van der Waals surface area contributed by atoms with E-state index in [4.69, 9.17) is 15.2 Å². The van der Waals surface area contributed by atoms with Crippen molar-refractivity contribution in [1.82, 2.24) is 0 Å². The normalized spacial score (nSPS) is 63.4. The molecule has 1 spiro atoms. The molecule has 1 aliphatic heterocycles. The second kappa shape index (κ2) is 3.01. The van der Waals surface area contributed by atoms with Crippen molar-refractivity contribution in [3.63, 3.8) is 0 Å². The minimum absolute atomic E-state index is 0.00200. The first-order chi connectivity index (χ1) is 7.69. The summed E-state index contributed by atoms with van der Waals surface area (Å²) in [4.78, 5) is 0. The van der Waals surface area contributed by atoms with Gasteiger partial charge in [-0.05, 0) is 56.3 Å². The smallest absolute Gasteiger partial charge is 0.155 e. The van der Waals surface area contributed by atoms with Crippen LogP contribution in [-0.4, -0.2) is 24.5 Å². The quantitative estimate of drug-likeness (QED) is 0.679. The number of rotatable bonds is 0. The van der Waals surface area contributed by atoms with Crippen LogP contribution in [0.1, 0.15) is 39.0 Å². The van der Waals surface area contributed by atoms with E-state index < -0.39 is 0 Å². The standard InChI is InChI=1S/C13H21NO2/c1-7-15-10-5-13(6-11(10)16-7)9-3-2-8(4-9)12(13)14/h7-12H,2-6,14H2,1H3/t7?,8-,9+,10-,11?,12-,13?/m0/s1. The lowest BCUT2D eigenvalue weighted by Crippen LogP contribution is -2.45. The number of hydrogen-bond donors (Lipinski definition) is 1. The summed E-state index contributed by atoms with van der Waals surface area (Å²) < 4.78 is 11.7. The highest BCUT2D eigenvalue weighted by molar-refractivity contribution is 5.14. The zero-order valence-corrected chi connectivity index (χ0v) is 9.89. The first-order valence-electron chi connectivity index (χ1n) is 6.75. The Labute approximate surface area is 96.7 Å². The lowest BCUT2D eigenvalue weighted by molar-refractivity contribution is -0.0774. The summed E-state index contributed by atoms with van der Waals surface area (Å²) in [6, 6.07) is 0.416. The van der Waals surface area contributed by atoms with Crippen LogP contribution in [0.2, 0.25) is 0 Å². The van der Waals surface area contributed by atoms with E-state index in [1.165, 1.54) is 19.3 Å². The van der Waals surface area contributed by atoms with Gasteiger partial charge in [0.2, 0.25) is 0 Å². The molecule has 90 valence electrons. The summed E-state index contributed by atoms with van der Waals surface area (Å²) in [5, 5.41) is 0. The minimum atomic E-state index is 0.00200. The fraction of sp³-hybridized carbons (Fsp3) is 1.00. The Morgan fingerprint density at radius 1 is 1.12 bits per heavy atom. The summed E-state index contributed by atoms with van der Waals surface area (Å²) in [6.45, 7) is 2.01. The molecule has 3 saturated carbocycles. The average molecular weight is 223 g/mol. The summed E-state index contributed by atoms with van der Waals surface area (Å²) >= 11 is 0. The van der Waals surface area contributed by atoms with Gasteiger partial charge in [-0.3, -0.25) is 0 Å². The van der Waals surface area contributed by atoms with Crippen LogP contribution in [0.15, 0.2) is 0 Å². The molecule has 0 radical (unpaired) electrons. The zero-order valence-electron chi connectivity index (χ0n) is 9.89. The van der Waals surface area contributed by atoms with Gasteiger partial charge in [-0.1, -0.05) is 0 Å². The molecular weight excluding hydrogens is 202 g/mol. The van der Waals surface area contributed by atoms with Crippen LogP contribution in [0, 0.1) is 17.3 Å². The van der Waals surface area contributed by atoms with Gasteiger partial charge in [-0.25, -0.2) is 0 Å². The van der Waals surface area contributed by atoms with Crippen molar-refractivity contribution in [3.8, 4) is 0 Å². The molecule has 0 aromatic carbocycles. The molecule has 3 heteroatoms. The highest BCUT2D eigenvalue weighted by Crippen LogP contribution is 2.63. The number of nitrogens with two attached hydrogens (primary N) is 1. The van der Waals surface area contributed by atoms with Crippen LogP contribution in [0.25, 0.3) is 0 Å². The molecule has 0 aromatic rings. The number of hydrogen-bond acceptors (Lipinski definition) is 3. The van der Waals surface area contributed by atoms with Gasteiger partial charge >= 0.3 is 0 Å². The van der Waals surface area contributed by atoms with E-state index in [2.05, 4.69) is 0 Å². The van der Waals surface area contributed by atoms with Crippen LogP contribution in [0.5, 0.6) is 0 Å². The molecule has 4 aliphatic rings. The fourth-order valence-electron chi connectivity index (χ4n) is 5.10. The van der Waals surface area contributed by atoms with Crippen LogP contribution in [0.4, 0.5) is 0 Å². The fourth-order valence-corrected chi connectivity index (χ4v) is 5.10. The van der Waals surface area contributed by atoms with Crippen molar-refractivity contribution in [2.24, 2.45) is 23.0 Å². The van der Waals surface area contributed by atoms with Crippen LogP contribution >= 0.6 is 0 Å². The first-order valence-corrected chi connectivity index (χ1v) is 6.75. The molecule has 4 rings (SSSR count). The van der Waals surface area contributed by atoms with Crippen LogP contribution in [0.3, 0.4) is 0 Å². The summed E-state index contributed by atoms with van der Waals surface area (Å²) in [6.07, 6.45) is 7.11. The van der Waals surface area contributed by atoms with Gasteiger partial charge in [0.1, 0.15) is 0 Å². The van der Waals surface area contributed by atoms with E-state index in [0.29, 0.717) is 23.7 Å². The highest BCUT2D eigenvalue weighted by Gasteiger charge is 2.63. The molecule has 2 bridgehead atoms. The van der Waals surface area contributed by atoms with Crippen molar-refractivity contribution >= 4 is 0 Å². The summed E-state index contributed by atoms with van der Waals surface area (Å²) in [5.41, 5.74) is 6.86. The van der Waals surface area contributed by atoms with E-state index in [1.807, 2.05) is 6.92 Å². The number of fused-ring (bicyclic) bond motifs is 4. The molecule has 7 atom stereocenters. The Kier molecular flexibility index (Phi) is 1.85. The molecule has 16 heavy (non-hydrogen) atoms. The maximum Gasteiger partial charge on any atom is 0.155 e. The van der Waals surface area contributed by atoms with Crippen LogP contribution in [-0.2, 0) is 9.47 Å². The van der Waals surface area contributed by atoms with Gasteiger partial charge in [0, 0.05) is 6.04 Å². The lowest BCUT2D eigenvalue weighted by atomic mass is 9.68. The second-order valence-corrected chi connectivity index (χ2v) is 6.35. The largest absolute Gasteiger partial charge is 0.347 e. The van der Waals surface area contributed by atoms with Crippen molar-refractivity contribution in [3.05, 3.63) is 0 Å².